The van der Waals surface area contributed by atoms with Crippen LogP contribution in [0.1, 0.15) is 25.6 Å². The van der Waals surface area contributed by atoms with E-state index in [0.717, 1.165) is 32.1 Å². The van der Waals surface area contributed by atoms with Crippen LogP contribution in [-0.4, -0.2) is 58.5 Å². The number of imidazole rings is 1. The minimum absolute atomic E-state index is 0.352. The summed E-state index contributed by atoms with van der Waals surface area (Å²) in [6, 6.07) is 0. The lowest BCUT2D eigenvalue weighted by Crippen LogP contribution is -2.42. The van der Waals surface area contributed by atoms with Crippen LogP contribution in [0.5, 0.6) is 0 Å². The van der Waals surface area contributed by atoms with Crippen molar-refractivity contribution in [1.29, 1.82) is 0 Å². The van der Waals surface area contributed by atoms with Gasteiger partial charge in [0, 0.05) is 37.9 Å². The maximum atomic E-state index is 10.1. The second-order valence-electron chi connectivity index (χ2n) is 5.16. The van der Waals surface area contributed by atoms with Gasteiger partial charge in [-0.2, -0.15) is 0 Å². The van der Waals surface area contributed by atoms with Crippen LogP contribution in [0.15, 0.2) is 12.4 Å². The van der Waals surface area contributed by atoms with Crippen molar-refractivity contribution in [2.45, 2.75) is 32.4 Å². The molecule has 2 rings (SSSR count). The quantitative estimate of drug-likeness (QED) is 0.839. The minimum atomic E-state index is -0.352. The molecule has 1 atom stereocenters. The smallest absolute Gasteiger partial charge is 0.111 e. The fourth-order valence-corrected chi connectivity index (χ4v) is 2.34. The molecule has 1 fully saturated rings. The van der Waals surface area contributed by atoms with E-state index in [2.05, 4.69) is 28.3 Å². The lowest BCUT2D eigenvalue weighted by atomic mass is 10.2. The van der Waals surface area contributed by atoms with E-state index in [4.69, 9.17) is 4.74 Å². The van der Waals surface area contributed by atoms with Crippen LogP contribution in [0.4, 0.5) is 0 Å². The van der Waals surface area contributed by atoms with E-state index in [-0.39, 0.29) is 6.10 Å². The molecule has 0 aliphatic carbocycles. The fourth-order valence-electron chi connectivity index (χ4n) is 2.34. The number of morpholine rings is 1. The van der Waals surface area contributed by atoms with E-state index in [1.165, 1.54) is 0 Å². The van der Waals surface area contributed by atoms with Crippen molar-refractivity contribution in [3.8, 4) is 0 Å². The van der Waals surface area contributed by atoms with E-state index < -0.39 is 0 Å². The lowest BCUT2D eigenvalue weighted by molar-refractivity contribution is 0.0113. The monoisotopic (exact) mass is 253 g/mol. The standard InChI is InChI=1S/C13H23N3O2/c1-11(2)13-14-3-4-16(13)10-12(17)9-15-5-7-18-8-6-15/h3-4,11-12,17H,5-10H2,1-2H3. The van der Waals surface area contributed by atoms with Gasteiger partial charge in [-0.1, -0.05) is 13.8 Å². The Labute approximate surface area is 108 Å². The van der Waals surface area contributed by atoms with Gasteiger partial charge < -0.3 is 14.4 Å². The average Bonchev–Trinajstić information content (AvgIpc) is 2.78. The first-order valence-corrected chi connectivity index (χ1v) is 6.66. The maximum absolute atomic E-state index is 10.1. The van der Waals surface area contributed by atoms with Crippen molar-refractivity contribution in [2.75, 3.05) is 32.8 Å². The number of hydrogen-bond acceptors (Lipinski definition) is 4. The highest BCUT2D eigenvalue weighted by molar-refractivity contribution is 4.98. The van der Waals surface area contributed by atoms with Gasteiger partial charge in [0.25, 0.3) is 0 Å². The molecule has 1 aromatic rings. The molecule has 0 amide bonds. The first-order valence-electron chi connectivity index (χ1n) is 6.66. The maximum Gasteiger partial charge on any atom is 0.111 e. The third-order valence-electron chi connectivity index (χ3n) is 3.24. The Kier molecular flexibility index (Phi) is 4.74. The van der Waals surface area contributed by atoms with Gasteiger partial charge in [-0.15, -0.1) is 0 Å². The number of aliphatic hydroxyl groups excluding tert-OH is 1. The molecule has 1 aliphatic heterocycles. The third kappa shape index (κ3) is 3.54. The normalized spacial score (nSPS) is 19.3. The second kappa shape index (κ2) is 6.31. The molecule has 1 saturated heterocycles. The summed E-state index contributed by atoms with van der Waals surface area (Å²) in [4.78, 5) is 6.58. The van der Waals surface area contributed by atoms with Gasteiger partial charge in [0.15, 0.2) is 0 Å². The van der Waals surface area contributed by atoms with Crippen LogP contribution in [0.3, 0.4) is 0 Å². The van der Waals surface area contributed by atoms with Crippen LogP contribution in [0.2, 0.25) is 0 Å². The highest BCUT2D eigenvalue weighted by Crippen LogP contribution is 2.12. The Morgan fingerprint density at radius 3 is 2.72 bits per heavy atom. The van der Waals surface area contributed by atoms with Gasteiger partial charge in [-0.3, -0.25) is 4.90 Å². The molecule has 5 nitrogen and oxygen atoms in total. The van der Waals surface area contributed by atoms with Crippen molar-refractivity contribution >= 4 is 0 Å². The molecule has 0 radical (unpaired) electrons. The van der Waals surface area contributed by atoms with Gasteiger partial charge in [0.2, 0.25) is 0 Å². The topological polar surface area (TPSA) is 50.5 Å². The van der Waals surface area contributed by atoms with E-state index in [0.29, 0.717) is 19.0 Å². The van der Waals surface area contributed by atoms with E-state index in [9.17, 15) is 5.11 Å². The largest absolute Gasteiger partial charge is 0.390 e. The Balaban J connectivity index is 1.86. The molecule has 1 N–H and O–H groups in total. The highest BCUT2D eigenvalue weighted by Gasteiger charge is 2.16. The van der Waals surface area contributed by atoms with E-state index >= 15 is 0 Å². The second-order valence-corrected chi connectivity index (χ2v) is 5.16. The molecule has 5 heteroatoms. The number of ether oxygens (including phenoxy) is 1. The zero-order valence-electron chi connectivity index (χ0n) is 11.2. The van der Waals surface area contributed by atoms with Crippen molar-refractivity contribution in [2.24, 2.45) is 0 Å². The number of aromatic nitrogens is 2. The SMILES string of the molecule is CC(C)c1nccn1CC(O)CN1CCOCC1. The van der Waals surface area contributed by atoms with Crippen LogP contribution < -0.4 is 0 Å². The number of hydrogen-bond donors (Lipinski definition) is 1. The summed E-state index contributed by atoms with van der Waals surface area (Å²) >= 11 is 0. The summed E-state index contributed by atoms with van der Waals surface area (Å²) in [7, 11) is 0. The van der Waals surface area contributed by atoms with Gasteiger partial charge in [-0.05, 0) is 0 Å². The summed E-state index contributed by atoms with van der Waals surface area (Å²) in [5, 5.41) is 10.1. The summed E-state index contributed by atoms with van der Waals surface area (Å²) in [6.07, 6.45) is 3.39. The Bertz CT molecular complexity index is 359. The van der Waals surface area contributed by atoms with Crippen LogP contribution >= 0.6 is 0 Å². The third-order valence-corrected chi connectivity index (χ3v) is 3.24. The molecule has 102 valence electrons. The lowest BCUT2D eigenvalue weighted by Gasteiger charge is -2.28. The molecular formula is C13H23N3O2. The summed E-state index contributed by atoms with van der Waals surface area (Å²) in [5.41, 5.74) is 0. The average molecular weight is 253 g/mol. The predicted octanol–water partition coefficient (Wildman–Crippen LogP) is 0.700. The van der Waals surface area contributed by atoms with Gasteiger partial charge in [0.05, 0.1) is 25.9 Å². The Morgan fingerprint density at radius 2 is 2.06 bits per heavy atom. The molecule has 1 unspecified atom stereocenters. The van der Waals surface area contributed by atoms with Crippen LogP contribution in [-0.2, 0) is 11.3 Å². The van der Waals surface area contributed by atoms with Gasteiger partial charge in [-0.25, -0.2) is 4.98 Å². The molecule has 18 heavy (non-hydrogen) atoms. The van der Waals surface area contributed by atoms with Crippen LogP contribution in [0, 0.1) is 0 Å². The molecule has 1 aromatic heterocycles. The van der Waals surface area contributed by atoms with Crippen LogP contribution in [0.25, 0.3) is 0 Å². The number of nitrogens with zero attached hydrogens (tertiary/aromatic N) is 3. The molecule has 0 spiro atoms. The van der Waals surface area contributed by atoms with Gasteiger partial charge >= 0.3 is 0 Å². The minimum Gasteiger partial charge on any atom is -0.390 e. The van der Waals surface area contributed by atoms with Crippen molar-refractivity contribution in [1.82, 2.24) is 14.5 Å². The number of β-amino-alcohol motifs (C(OH)–C–C–N with tert-alkyl or cyclic N) is 1. The summed E-state index contributed by atoms with van der Waals surface area (Å²) < 4.78 is 7.35. The molecule has 0 bridgehead atoms. The predicted molar refractivity (Wildman–Crippen MR) is 69.6 cm³/mol. The van der Waals surface area contributed by atoms with Crippen molar-refractivity contribution < 1.29 is 9.84 Å². The Hall–Kier alpha value is -0.910. The molecule has 0 saturated carbocycles. The molecule has 2 heterocycles. The molecule has 1 aliphatic rings. The highest BCUT2D eigenvalue weighted by atomic mass is 16.5. The van der Waals surface area contributed by atoms with Crippen molar-refractivity contribution in [3.05, 3.63) is 18.2 Å². The van der Waals surface area contributed by atoms with E-state index in [1.807, 2.05) is 6.20 Å². The van der Waals surface area contributed by atoms with Crippen molar-refractivity contribution in [3.63, 3.8) is 0 Å². The Morgan fingerprint density at radius 1 is 1.33 bits per heavy atom. The molecule has 0 aromatic carbocycles. The van der Waals surface area contributed by atoms with E-state index in [1.54, 1.807) is 6.20 Å². The zero-order valence-corrected chi connectivity index (χ0v) is 11.2. The zero-order chi connectivity index (χ0) is 13.0. The summed E-state index contributed by atoms with van der Waals surface area (Å²) in [5.74, 6) is 1.42. The first kappa shape index (κ1) is 13.5. The van der Waals surface area contributed by atoms with Gasteiger partial charge in [0.1, 0.15) is 5.82 Å². The molecular weight excluding hydrogens is 230 g/mol. The fraction of sp³-hybridized carbons (Fsp3) is 0.769. The summed E-state index contributed by atoms with van der Waals surface area (Å²) in [6.45, 7) is 8.93. The number of aliphatic hydroxyl groups is 1. The number of rotatable bonds is 5. The first-order chi connectivity index (χ1) is 8.66.